The van der Waals surface area contributed by atoms with Gasteiger partial charge in [0, 0.05) is 0 Å². The molecule has 1 N–H and O–H groups in total. The summed E-state index contributed by atoms with van der Waals surface area (Å²) >= 11 is 0. The van der Waals surface area contributed by atoms with Crippen molar-refractivity contribution in [3.05, 3.63) is 35.9 Å². The molecule has 0 heterocycles. The molecule has 21 heavy (non-hydrogen) atoms. The third-order valence-corrected chi connectivity index (χ3v) is 3.86. The lowest BCUT2D eigenvalue weighted by atomic mass is 10.2. The molecule has 6 nitrogen and oxygen atoms in total. The summed E-state index contributed by atoms with van der Waals surface area (Å²) in [4.78, 5) is 11.7. The van der Waals surface area contributed by atoms with Crippen molar-refractivity contribution in [3.8, 4) is 0 Å². The fraction of sp³-hybridized carbons (Fsp3) is 0.500. The van der Waals surface area contributed by atoms with Gasteiger partial charge in [0.15, 0.2) is 0 Å². The molecular weight excluding hydrogens is 294 g/mol. The fourth-order valence-electron chi connectivity index (χ4n) is 2.35. The molecule has 1 fully saturated rings. The normalized spacial score (nSPS) is 22.0. The second-order valence-corrected chi connectivity index (χ2v) is 6.68. The minimum atomic E-state index is -3.52. The van der Waals surface area contributed by atoms with Crippen molar-refractivity contribution >= 4 is 16.2 Å². The molecule has 1 aliphatic carbocycles. The lowest BCUT2D eigenvalue weighted by Crippen LogP contribution is -2.42. The van der Waals surface area contributed by atoms with E-state index in [0.717, 1.165) is 18.2 Å². The second kappa shape index (κ2) is 6.91. The molecule has 0 saturated heterocycles. The number of ether oxygens (including phenoxy) is 1. The largest absolute Gasteiger partial charge is 0.445 e. The first-order valence-electron chi connectivity index (χ1n) is 6.79. The van der Waals surface area contributed by atoms with Crippen LogP contribution in [0.5, 0.6) is 0 Å². The van der Waals surface area contributed by atoms with Gasteiger partial charge in [0.05, 0.1) is 18.4 Å². The van der Waals surface area contributed by atoms with Gasteiger partial charge < -0.3 is 10.1 Å². The number of amides is 1. The van der Waals surface area contributed by atoms with E-state index in [1.54, 1.807) is 0 Å². The Morgan fingerprint density at radius 2 is 2.00 bits per heavy atom. The first kappa shape index (κ1) is 15.8. The predicted octanol–water partition coefficient (Wildman–Crippen LogP) is 1.81. The highest BCUT2D eigenvalue weighted by atomic mass is 32.2. The van der Waals surface area contributed by atoms with E-state index < -0.39 is 22.3 Å². The maximum Gasteiger partial charge on any atom is 0.407 e. The lowest BCUT2D eigenvalue weighted by Gasteiger charge is -2.19. The molecule has 0 bridgehead atoms. The summed E-state index contributed by atoms with van der Waals surface area (Å²) in [5.41, 5.74) is 0.892. The first-order valence-corrected chi connectivity index (χ1v) is 8.61. The van der Waals surface area contributed by atoms with Gasteiger partial charge in [-0.3, -0.25) is 4.18 Å². The molecule has 1 amide bonds. The van der Waals surface area contributed by atoms with E-state index >= 15 is 0 Å². The van der Waals surface area contributed by atoms with Gasteiger partial charge >= 0.3 is 6.09 Å². The first-order chi connectivity index (χ1) is 9.94. The summed E-state index contributed by atoms with van der Waals surface area (Å²) in [7, 11) is -3.52. The van der Waals surface area contributed by atoms with Crippen molar-refractivity contribution < 1.29 is 22.1 Å². The van der Waals surface area contributed by atoms with E-state index in [4.69, 9.17) is 8.92 Å². The van der Waals surface area contributed by atoms with Gasteiger partial charge in [-0.2, -0.15) is 8.42 Å². The fourth-order valence-corrected chi connectivity index (χ4v) is 3.03. The van der Waals surface area contributed by atoms with Crippen LogP contribution in [0.25, 0.3) is 0 Å². The zero-order valence-electron chi connectivity index (χ0n) is 11.8. The van der Waals surface area contributed by atoms with E-state index in [9.17, 15) is 13.2 Å². The Kier molecular flexibility index (Phi) is 5.19. The minimum Gasteiger partial charge on any atom is -0.445 e. The number of benzene rings is 1. The van der Waals surface area contributed by atoms with Gasteiger partial charge in [0.1, 0.15) is 6.61 Å². The number of hydrogen-bond acceptors (Lipinski definition) is 5. The second-order valence-electron chi connectivity index (χ2n) is 5.08. The predicted molar refractivity (Wildman–Crippen MR) is 77.1 cm³/mol. The average Bonchev–Trinajstić information content (AvgIpc) is 2.83. The lowest BCUT2D eigenvalue weighted by molar-refractivity contribution is 0.122. The Morgan fingerprint density at radius 3 is 2.67 bits per heavy atom. The van der Waals surface area contributed by atoms with E-state index in [1.165, 1.54) is 0 Å². The van der Waals surface area contributed by atoms with Gasteiger partial charge in [-0.25, -0.2) is 4.79 Å². The number of hydrogen-bond donors (Lipinski definition) is 1. The number of carbonyl (C=O) groups excluding carboxylic acids is 1. The van der Waals surface area contributed by atoms with E-state index in [0.29, 0.717) is 12.8 Å². The van der Waals surface area contributed by atoms with Crippen LogP contribution in [-0.2, 0) is 25.6 Å². The third-order valence-electron chi connectivity index (χ3n) is 3.27. The zero-order chi connectivity index (χ0) is 15.3. The van der Waals surface area contributed by atoms with Crippen molar-refractivity contribution in [3.63, 3.8) is 0 Å². The van der Waals surface area contributed by atoms with Crippen molar-refractivity contribution in [2.75, 3.05) is 6.26 Å². The molecule has 1 aliphatic rings. The average molecular weight is 313 g/mol. The SMILES string of the molecule is CS(=O)(=O)O[C@H]1CCC[C@H]1NC(=O)OCc1ccccc1. The van der Waals surface area contributed by atoms with Crippen molar-refractivity contribution in [1.29, 1.82) is 0 Å². The number of rotatable bonds is 5. The Hall–Kier alpha value is -1.60. The monoisotopic (exact) mass is 313 g/mol. The van der Waals surface area contributed by atoms with Crippen LogP contribution in [0.15, 0.2) is 30.3 Å². The van der Waals surface area contributed by atoms with Crippen LogP contribution in [0.2, 0.25) is 0 Å². The van der Waals surface area contributed by atoms with Crippen molar-refractivity contribution in [2.24, 2.45) is 0 Å². The molecular formula is C14H19NO5S. The van der Waals surface area contributed by atoms with Crippen LogP contribution < -0.4 is 5.32 Å². The van der Waals surface area contributed by atoms with E-state index in [-0.39, 0.29) is 12.6 Å². The van der Waals surface area contributed by atoms with Gasteiger partial charge in [-0.1, -0.05) is 30.3 Å². The minimum absolute atomic E-state index is 0.178. The summed E-state index contributed by atoms with van der Waals surface area (Å²) in [6, 6.07) is 9.00. The topological polar surface area (TPSA) is 81.7 Å². The molecule has 7 heteroatoms. The van der Waals surface area contributed by atoms with Gasteiger partial charge in [0.2, 0.25) is 0 Å². The molecule has 0 radical (unpaired) electrons. The van der Waals surface area contributed by atoms with Crippen molar-refractivity contribution in [1.82, 2.24) is 5.32 Å². The Balaban J connectivity index is 1.81. The highest BCUT2D eigenvalue weighted by Gasteiger charge is 2.32. The molecule has 1 aromatic carbocycles. The summed E-state index contributed by atoms with van der Waals surface area (Å²) in [6.07, 6.45) is 2.04. The molecule has 0 unspecified atom stereocenters. The maximum atomic E-state index is 11.7. The maximum absolute atomic E-state index is 11.7. The molecule has 1 aromatic rings. The quantitative estimate of drug-likeness (QED) is 0.838. The summed E-state index contributed by atoms with van der Waals surface area (Å²) in [5.74, 6) is 0. The molecule has 2 rings (SSSR count). The van der Waals surface area contributed by atoms with E-state index in [1.807, 2.05) is 30.3 Å². The van der Waals surface area contributed by atoms with Crippen LogP contribution in [0.3, 0.4) is 0 Å². The summed E-state index contributed by atoms with van der Waals surface area (Å²) in [6.45, 7) is 0.178. The summed E-state index contributed by atoms with van der Waals surface area (Å²) < 4.78 is 32.4. The highest BCUT2D eigenvalue weighted by Crippen LogP contribution is 2.23. The van der Waals surface area contributed by atoms with Gasteiger partial charge in [-0.05, 0) is 24.8 Å². The number of nitrogens with one attached hydrogen (secondary N) is 1. The standard InChI is InChI=1S/C14H19NO5S/c1-21(17,18)20-13-9-5-8-12(13)15-14(16)19-10-11-6-3-2-4-7-11/h2-4,6-7,12-13H,5,8-10H2,1H3,(H,15,16)/t12-,13+/m1/s1. The third kappa shape index (κ3) is 5.35. The van der Waals surface area contributed by atoms with Crippen molar-refractivity contribution in [2.45, 2.75) is 38.0 Å². The Morgan fingerprint density at radius 1 is 1.29 bits per heavy atom. The smallest absolute Gasteiger partial charge is 0.407 e. The Bertz CT molecular complexity index is 572. The molecule has 0 aliphatic heterocycles. The van der Waals surface area contributed by atoms with Crippen LogP contribution in [0.1, 0.15) is 24.8 Å². The molecule has 0 spiro atoms. The highest BCUT2D eigenvalue weighted by molar-refractivity contribution is 7.86. The summed E-state index contributed by atoms with van der Waals surface area (Å²) in [5, 5.41) is 2.67. The zero-order valence-corrected chi connectivity index (χ0v) is 12.6. The van der Waals surface area contributed by atoms with Crippen LogP contribution in [0, 0.1) is 0 Å². The van der Waals surface area contributed by atoms with Crippen LogP contribution in [0.4, 0.5) is 4.79 Å². The van der Waals surface area contributed by atoms with E-state index in [2.05, 4.69) is 5.32 Å². The molecule has 116 valence electrons. The van der Waals surface area contributed by atoms with Crippen LogP contribution >= 0.6 is 0 Å². The molecule has 1 saturated carbocycles. The number of carbonyl (C=O) groups is 1. The Labute approximate surface area is 124 Å². The van der Waals surface area contributed by atoms with Gasteiger partial charge in [-0.15, -0.1) is 0 Å². The molecule has 0 aromatic heterocycles. The van der Waals surface area contributed by atoms with Gasteiger partial charge in [0.25, 0.3) is 10.1 Å². The number of alkyl carbamates (subject to hydrolysis) is 1. The van der Waals surface area contributed by atoms with Crippen LogP contribution in [-0.4, -0.2) is 32.9 Å². The molecule has 2 atom stereocenters.